The smallest absolute Gasteiger partial charge is 0.123 e. The molecule has 0 bridgehead atoms. The summed E-state index contributed by atoms with van der Waals surface area (Å²) < 4.78 is 5.80. The summed E-state index contributed by atoms with van der Waals surface area (Å²) in [5.41, 5.74) is 2.63. The molecule has 1 atom stereocenters. The Morgan fingerprint density at radius 3 is 2.71 bits per heavy atom. The number of hydrogen-bond donors (Lipinski definition) is 1. The molecule has 2 rings (SSSR count). The third-order valence-electron chi connectivity index (χ3n) is 4.55. The van der Waals surface area contributed by atoms with Crippen LogP contribution >= 0.6 is 0 Å². The Bertz CT molecular complexity index is 443. The fraction of sp³-hybridized carbons (Fsp3) is 0.667. The lowest BCUT2D eigenvalue weighted by molar-refractivity contribution is 0.198. The van der Waals surface area contributed by atoms with E-state index in [1.165, 1.54) is 36.9 Å². The first-order chi connectivity index (χ1) is 10.1. The highest BCUT2D eigenvalue weighted by Crippen LogP contribution is 2.29. The van der Waals surface area contributed by atoms with Crippen molar-refractivity contribution in [2.45, 2.75) is 45.7 Å². The summed E-state index contributed by atoms with van der Waals surface area (Å²) in [7, 11) is 4.23. The average Bonchev–Trinajstić information content (AvgIpc) is 2.44. The zero-order valence-corrected chi connectivity index (χ0v) is 14.0. The predicted molar refractivity (Wildman–Crippen MR) is 88.8 cm³/mol. The number of hydrogen-bond acceptors (Lipinski definition) is 3. The van der Waals surface area contributed by atoms with Gasteiger partial charge in [-0.25, -0.2) is 0 Å². The normalized spacial score (nSPS) is 16.8. The lowest BCUT2D eigenvalue weighted by Crippen LogP contribution is -2.29. The molecule has 1 aromatic rings. The summed E-state index contributed by atoms with van der Waals surface area (Å²) in [6.07, 6.45) is 4.22. The second-order valence-corrected chi connectivity index (χ2v) is 6.30. The first kappa shape index (κ1) is 16.3. The second kappa shape index (κ2) is 7.81. The molecule has 0 amide bonds. The Hall–Kier alpha value is -1.06. The summed E-state index contributed by atoms with van der Waals surface area (Å²) >= 11 is 0. The van der Waals surface area contributed by atoms with Crippen LogP contribution in [-0.4, -0.2) is 32.1 Å². The third kappa shape index (κ3) is 4.45. The Morgan fingerprint density at radius 2 is 2.14 bits per heavy atom. The van der Waals surface area contributed by atoms with Crippen LogP contribution in [0.15, 0.2) is 18.2 Å². The monoisotopic (exact) mass is 290 g/mol. The maximum atomic E-state index is 5.80. The van der Waals surface area contributed by atoms with Crippen molar-refractivity contribution in [3.63, 3.8) is 0 Å². The minimum Gasteiger partial charge on any atom is -0.494 e. The molecule has 1 N–H and O–H groups in total. The maximum absolute atomic E-state index is 5.80. The van der Waals surface area contributed by atoms with Crippen LogP contribution in [0.2, 0.25) is 0 Å². The molecule has 0 spiro atoms. The number of nitrogens with one attached hydrogen (secondary N) is 1. The minimum absolute atomic E-state index is 0.372. The zero-order valence-electron chi connectivity index (χ0n) is 14.0. The molecule has 1 aliphatic rings. The lowest BCUT2D eigenvalue weighted by atomic mass is 9.85. The lowest BCUT2D eigenvalue weighted by Gasteiger charge is -2.30. The van der Waals surface area contributed by atoms with Crippen LogP contribution in [-0.2, 0) is 6.54 Å². The van der Waals surface area contributed by atoms with E-state index in [0.717, 1.165) is 24.8 Å². The molecule has 0 heterocycles. The van der Waals surface area contributed by atoms with E-state index >= 15 is 0 Å². The highest BCUT2D eigenvalue weighted by Gasteiger charge is 2.20. The molecule has 0 aromatic heterocycles. The van der Waals surface area contributed by atoms with Gasteiger partial charge in [-0.05, 0) is 64.4 Å². The van der Waals surface area contributed by atoms with Gasteiger partial charge in [0.05, 0.1) is 6.61 Å². The Balaban J connectivity index is 2.08. The second-order valence-electron chi connectivity index (χ2n) is 6.30. The van der Waals surface area contributed by atoms with Crippen LogP contribution in [0, 0.1) is 5.92 Å². The van der Waals surface area contributed by atoms with Gasteiger partial charge >= 0.3 is 0 Å². The Morgan fingerprint density at radius 1 is 1.38 bits per heavy atom. The van der Waals surface area contributed by atoms with E-state index in [1.807, 2.05) is 14.0 Å². The van der Waals surface area contributed by atoms with Gasteiger partial charge in [-0.3, -0.25) is 0 Å². The SMILES string of the molecule is CCOc1ccc(C(C)NC)cc1CN(C)CC1CCC1. The average molecular weight is 290 g/mol. The van der Waals surface area contributed by atoms with Crippen molar-refractivity contribution >= 4 is 0 Å². The summed E-state index contributed by atoms with van der Waals surface area (Å²) in [6.45, 7) is 7.14. The van der Waals surface area contributed by atoms with Crippen LogP contribution < -0.4 is 10.1 Å². The van der Waals surface area contributed by atoms with Crippen molar-refractivity contribution in [2.24, 2.45) is 5.92 Å². The molecule has 21 heavy (non-hydrogen) atoms. The molecule has 0 radical (unpaired) electrons. The van der Waals surface area contributed by atoms with E-state index in [0.29, 0.717) is 6.04 Å². The summed E-state index contributed by atoms with van der Waals surface area (Å²) in [4.78, 5) is 2.44. The van der Waals surface area contributed by atoms with Gasteiger partial charge in [0.2, 0.25) is 0 Å². The van der Waals surface area contributed by atoms with Crippen molar-refractivity contribution in [3.8, 4) is 5.75 Å². The van der Waals surface area contributed by atoms with Crippen LogP contribution in [0.1, 0.15) is 50.3 Å². The van der Waals surface area contributed by atoms with E-state index in [1.54, 1.807) is 0 Å². The first-order valence-electron chi connectivity index (χ1n) is 8.25. The molecule has 118 valence electrons. The maximum Gasteiger partial charge on any atom is 0.123 e. The number of ether oxygens (including phenoxy) is 1. The van der Waals surface area contributed by atoms with E-state index < -0.39 is 0 Å². The van der Waals surface area contributed by atoms with Gasteiger partial charge in [-0.15, -0.1) is 0 Å². The van der Waals surface area contributed by atoms with Crippen LogP contribution in [0.4, 0.5) is 0 Å². The van der Waals surface area contributed by atoms with Gasteiger partial charge in [0.15, 0.2) is 0 Å². The summed E-state index contributed by atoms with van der Waals surface area (Å²) in [5, 5.41) is 3.31. The van der Waals surface area contributed by atoms with Gasteiger partial charge in [0.25, 0.3) is 0 Å². The number of benzene rings is 1. The third-order valence-corrected chi connectivity index (χ3v) is 4.55. The molecule has 1 aliphatic carbocycles. The van der Waals surface area contributed by atoms with Gasteiger partial charge < -0.3 is 15.0 Å². The first-order valence-corrected chi connectivity index (χ1v) is 8.25. The van der Waals surface area contributed by atoms with Crippen molar-refractivity contribution in [3.05, 3.63) is 29.3 Å². The van der Waals surface area contributed by atoms with Crippen LogP contribution in [0.3, 0.4) is 0 Å². The molecule has 3 heteroatoms. The quantitative estimate of drug-likeness (QED) is 0.792. The number of nitrogens with zero attached hydrogens (tertiary/aromatic N) is 1. The summed E-state index contributed by atoms with van der Waals surface area (Å²) in [5.74, 6) is 1.94. The van der Waals surface area contributed by atoms with Gasteiger partial charge in [-0.1, -0.05) is 12.5 Å². The fourth-order valence-electron chi connectivity index (χ4n) is 2.93. The van der Waals surface area contributed by atoms with Crippen molar-refractivity contribution < 1.29 is 4.74 Å². The molecule has 0 saturated heterocycles. The standard InChI is InChI=1S/C18H30N2O/c1-5-21-18-10-9-16(14(2)19-3)11-17(18)13-20(4)12-15-7-6-8-15/h9-11,14-15,19H,5-8,12-13H2,1-4H3. The molecule has 3 nitrogen and oxygen atoms in total. The van der Waals surface area contributed by atoms with Gasteiger partial charge in [0, 0.05) is 24.7 Å². The Labute approximate surface area is 129 Å². The predicted octanol–water partition coefficient (Wildman–Crippen LogP) is 3.60. The van der Waals surface area contributed by atoms with E-state index in [2.05, 4.69) is 42.4 Å². The van der Waals surface area contributed by atoms with Crippen molar-refractivity contribution in [1.29, 1.82) is 0 Å². The fourth-order valence-corrected chi connectivity index (χ4v) is 2.93. The topological polar surface area (TPSA) is 24.5 Å². The van der Waals surface area contributed by atoms with Gasteiger partial charge in [-0.2, -0.15) is 0 Å². The largest absolute Gasteiger partial charge is 0.494 e. The zero-order chi connectivity index (χ0) is 15.2. The highest BCUT2D eigenvalue weighted by atomic mass is 16.5. The molecule has 1 fully saturated rings. The van der Waals surface area contributed by atoms with E-state index in [-0.39, 0.29) is 0 Å². The van der Waals surface area contributed by atoms with Gasteiger partial charge in [0.1, 0.15) is 5.75 Å². The molecule has 0 aliphatic heterocycles. The van der Waals surface area contributed by atoms with E-state index in [4.69, 9.17) is 4.74 Å². The highest BCUT2D eigenvalue weighted by molar-refractivity contribution is 5.38. The molecular weight excluding hydrogens is 260 g/mol. The molecule has 1 unspecified atom stereocenters. The van der Waals surface area contributed by atoms with Crippen molar-refractivity contribution in [2.75, 3.05) is 27.2 Å². The van der Waals surface area contributed by atoms with Crippen molar-refractivity contribution in [1.82, 2.24) is 10.2 Å². The molecular formula is C18H30N2O. The van der Waals surface area contributed by atoms with Crippen LogP contribution in [0.25, 0.3) is 0 Å². The number of rotatable bonds is 8. The minimum atomic E-state index is 0.372. The molecule has 1 aromatic carbocycles. The molecule has 1 saturated carbocycles. The summed E-state index contributed by atoms with van der Waals surface area (Å²) in [6, 6.07) is 6.96. The van der Waals surface area contributed by atoms with E-state index in [9.17, 15) is 0 Å². The van der Waals surface area contributed by atoms with Crippen LogP contribution in [0.5, 0.6) is 5.75 Å². The Kier molecular flexibility index (Phi) is 6.07.